The van der Waals surface area contributed by atoms with Gasteiger partial charge in [0.15, 0.2) is 0 Å². The van der Waals surface area contributed by atoms with Crippen LogP contribution in [0.25, 0.3) is 10.2 Å². The number of anilines is 2. The third-order valence-corrected chi connectivity index (χ3v) is 5.27. The number of thiophene rings is 1. The van der Waals surface area contributed by atoms with Crippen LogP contribution < -0.4 is 5.32 Å². The molecule has 0 radical (unpaired) electrons. The number of rotatable bonds is 2. The van der Waals surface area contributed by atoms with Crippen LogP contribution in [0, 0.1) is 0 Å². The summed E-state index contributed by atoms with van der Waals surface area (Å²) < 4.78 is 0. The van der Waals surface area contributed by atoms with Crippen molar-refractivity contribution in [3.05, 3.63) is 40.0 Å². The molecule has 6 heteroatoms. The molecule has 22 heavy (non-hydrogen) atoms. The minimum atomic E-state index is 0.240. The summed E-state index contributed by atoms with van der Waals surface area (Å²) in [6.07, 6.45) is 4.64. The summed E-state index contributed by atoms with van der Waals surface area (Å²) in [5.41, 5.74) is 2.23. The molecular formula is C16H14ClN3OS. The molecule has 0 atom stereocenters. The van der Waals surface area contributed by atoms with Gasteiger partial charge in [0.05, 0.1) is 5.39 Å². The van der Waals surface area contributed by atoms with Gasteiger partial charge in [0.25, 0.3) is 0 Å². The van der Waals surface area contributed by atoms with Crippen molar-refractivity contribution in [2.75, 3.05) is 5.32 Å². The lowest BCUT2D eigenvalue weighted by Crippen LogP contribution is -2.01. The Hall–Kier alpha value is -1.85. The highest BCUT2D eigenvalue weighted by molar-refractivity contribution is 7.19. The summed E-state index contributed by atoms with van der Waals surface area (Å²) in [4.78, 5) is 11.1. The second-order valence-electron chi connectivity index (χ2n) is 5.40. The second kappa shape index (κ2) is 5.41. The van der Waals surface area contributed by atoms with Crippen molar-refractivity contribution in [1.82, 2.24) is 9.97 Å². The maximum Gasteiger partial charge on any atom is 0.225 e. The minimum absolute atomic E-state index is 0.240. The molecule has 0 bridgehead atoms. The van der Waals surface area contributed by atoms with Crippen LogP contribution in [0.3, 0.4) is 0 Å². The first-order chi connectivity index (χ1) is 10.7. The van der Waals surface area contributed by atoms with Gasteiger partial charge < -0.3 is 10.4 Å². The first-order valence-corrected chi connectivity index (χ1v) is 8.44. The van der Waals surface area contributed by atoms with Gasteiger partial charge in [-0.3, -0.25) is 0 Å². The zero-order valence-corrected chi connectivity index (χ0v) is 13.3. The van der Waals surface area contributed by atoms with Gasteiger partial charge in [-0.15, -0.1) is 11.3 Å². The SMILES string of the molecule is Oc1ccc(Nc2nc(Cl)nc3sc4c(c23)CCCC4)cc1. The van der Waals surface area contributed by atoms with Crippen molar-refractivity contribution in [1.29, 1.82) is 0 Å². The summed E-state index contributed by atoms with van der Waals surface area (Å²) in [6, 6.07) is 6.92. The Morgan fingerprint density at radius 2 is 1.86 bits per heavy atom. The molecule has 3 aromatic rings. The summed E-state index contributed by atoms with van der Waals surface area (Å²) in [7, 11) is 0. The lowest BCUT2D eigenvalue weighted by atomic mass is 9.97. The number of halogens is 1. The third-order valence-electron chi connectivity index (χ3n) is 3.92. The number of fused-ring (bicyclic) bond motifs is 3. The normalized spacial score (nSPS) is 14.0. The molecule has 2 N–H and O–H groups in total. The van der Waals surface area contributed by atoms with Crippen LogP contribution in [-0.2, 0) is 12.8 Å². The minimum Gasteiger partial charge on any atom is -0.508 e. The van der Waals surface area contributed by atoms with Gasteiger partial charge in [-0.1, -0.05) is 0 Å². The number of hydrogen-bond acceptors (Lipinski definition) is 5. The average Bonchev–Trinajstić information content (AvgIpc) is 2.87. The molecule has 0 aliphatic heterocycles. The van der Waals surface area contributed by atoms with Crippen LogP contribution in [0.1, 0.15) is 23.3 Å². The predicted octanol–water partition coefficient (Wildman–Crippen LogP) is 4.67. The molecule has 1 aromatic carbocycles. The van der Waals surface area contributed by atoms with Crippen molar-refractivity contribution in [3.8, 4) is 5.75 Å². The van der Waals surface area contributed by atoms with Crippen LogP contribution in [-0.4, -0.2) is 15.1 Å². The molecule has 0 spiro atoms. The van der Waals surface area contributed by atoms with E-state index in [1.807, 2.05) is 12.1 Å². The van der Waals surface area contributed by atoms with E-state index in [0.717, 1.165) is 34.6 Å². The number of aromatic hydroxyl groups is 1. The Morgan fingerprint density at radius 1 is 1.09 bits per heavy atom. The largest absolute Gasteiger partial charge is 0.508 e. The predicted molar refractivity (Wildman–Crippen MR) is 90.5 cm³/mol. The lowest BCUT2D eigenvalue weighted by Gasteiger charge is -2.12. The lowest BCUT2D eigenvalue weighted by molar-refractivity contribution is 0.475. The zero-order chi connectivity index (χ0) is 15.1. The summed E-state index contributed by atoms with van der Waals surface area (Å²) in [5, 5.41) is 14.1. The number of aromatic nitrogens is 2. The van der Waals surface area contributed by atoms with E-state index in [1.54, 1.807) is 23.5 Å². The molecule has 1 aliphatic rings. The Labute approximate surface area is 136 Å². The van der Waals surface area contributed by atoms with E-state index in [2.05, 4.69) is 15.3 Å². The van der Waals surface area contributed by atoms with Gasteiger partial charge in [-0.2, -0.15) is 4.98 Å². The van der Waals surface area contributed by atoms with Gasteiger partial charge in [-0.05, 0) is 67.1 Å². The van der Waals surface area contributed by atoms with Crippen LogP contribution in [0.2, 0.25) is 5.28 Å². The molecular weight excluding hydrogens is 318 g/mol. The molecule has 2 heterocycles. The van der Waals surface area contributed by atoms with Crippen LogP contribution >= 0.6 is 22.9 Å². The van der Waals surface area contributed by atoms with Crippen LogP contribution in [0.4, 0.5) is 11.5 Å². The van der Waals surface area contributed by atoms with E-state index in [0.29, 0.717) is 0 Å². The number of nitrogens with zero attached hydrogens (tertiary/aromatic N) is 2. The van der Waals surface area contributed by atoms with Crippen LogP contribution in [0.5, 0.6) is 5.75 Å². The van der Waals surface area contributed by atoms with Gasteiger partial charge in [0.2, 0.25) is 5.28 Å². The fraction of sp³-hybridized carbons (Fsp3) is 0.250. The molecule has 2 aromatic heterocycles. The number of phenols is 1. The maximum atomic E-state index is 9.39. The monoisotopic (exact) mass is 331 g/mol. The molecule has 4 nitrogen and oxygen atoms in total. The smallest absolute Gasteiger partial charge is 0.225 e. The first-order valence-electron chi connectivity index (χ1n) is 7.24. The second-order valence-corrected chi connectivity index (χ2v) is 6.83. The Morgan fingerprint density at radius 3 is 2.68 bits per heavy atom. The Bertz CT molecular complexity index is 845. The number of aryl methyl sites for hydroxylation is 2. The zero-order valence-electron chi connectivity index (χ0n) is 11.8. The molecule has 0 fully saturated rings. The highest BCUT2D eigenvalue weighted by Crippen LogP contribution is 2.39. The standard InChI is InChI=1S/C16H14ClN3OS/c17-16-19-14(18-9-5-7-10(21)8-6-9)13-11-3-1-2-4-12(11)22-15(13)20-16/h5-8,21H,1-4H2,(H,18,19,20). The highest BCUT2D eigenvalue weighted by atomic mass is 35.5. The van der Waals surface area contributed by atoms with Gasteiger partial charge >= 0.3 is 0 Å². The van der Waals surface area contributed by atoms with Crippen molar-refractivity contribution in [2.45, 2.75) is 25.7 Å². The maximum absolute atomic E-state index is 9.39. The van der Waals surface area contributed by atoms with Gasteiger partial charge in [0, 0.05) is 10.6 Å². The van der Waals surface area contributed by atoms with Crippen molar-refractivity contribution in [3.63, 3.8) is 0 Å². The van der Waals surface area contributed by atoms with Gasteiger partial charge in [-0.25, -0.2) is 4.98 Å². The third kappa shape index (κ3) is 2.40. The number of benzene rings is 1. The Balaban J connectivity index is 1.85. The van der Waals surface area contributed by atoms with E-state index < -0.39 is 0 Å². The molecule has 0 amide bonds. The summed E-state index contributed by atoms with van der Waals surface area (Å²) in [6.45, 7) is 0. The fourth-order valence-electron chi connectivity index (χ4n) is 2.90. The van der Waals surface area contributed by atoms with Crippen molar-refractivity contribution in [2.24, 2.45) is 0 Å². The molecule has 0 saturated heterocycles. The van der Waals surface area contributed by atoms with Gasteiger partial charge in [0.1, 0.15) is 16.4 Å². The van der Waals surface area contributed by atoms with E-state index >= 15 is 0 Å². The van der Waals surface area contributed by atoms with E-state index in [4.69, 9.17) is 11.6 Å². The van der Waals surface area contributed by atoms with Crippen molar-refractivity contribution < 1.29 is 5.11 Å². The summed E-state index contributed by atoms with van der Waals surface area (Å²) >= 11 is 7.81. The average molecular weight is 332 g/mol. The van der Waals surface area contributed by atoms with Crippen molar-refractivity contribution >= 4 is 44.7 Å². The quantitative estimate of drug-likeness (QED) is 0.529. The molecule has 0 unspecified atom stereocenters. The first kappa shape index (κ1) is 13.8. The molecule has 112 valence electrons. The fourth-order valence-corrected chi connectivity index (χ4v) is 4.38. The van der Waals surface area contributed by atoms with Crippen LogP contribution in [0.15, 0.2) is 24.3 Å². The molecule has 0 saturated carbocycles. The highest BCUT2D eigenvalue weighted by Gasteiger charge is 2.21. The van der Waals surface area contributed by atoms with E-state index in [9.17, 15) is 5.11 Å². The summed E-state index contributed by atoms with van der Waals surface area (Å²) in [5.74, 6) is 0.990. The van der Waals surface area contributed by atoms with E-state index in [1.165, 1.54) is 23.3 Å². The number of nitrogens with one attached hydrogen (secondary N) is 1. The Kier molecular flexibility index (Phi) is 3.39. The van der Waals surface area contributed by atoms with E-state index in [-0.39, 0.29) is 11.0 Å². The number of phenolic OH excluding ortho intramolecular Hbond substituents is 1. The molecule has 1 aliphatic carbocycles. The topological polar surface area (TPSA) is 58.0 Å². The molecule has 4 rings (SSSR count). The number of hydrogen-bond donors (Lipinski definition) is 2.